The molecule has 4 heteroatoms. The van der Waals surface area contributed by atoms with Crippen molar-refractivity contribution in [3.05, 3.63) is 29.8 Å². The van der Waals surface area contributed by atoms with E-state index < -0.39 is 0 Å². The molecule has 1 aliphatic rings. The minimum atomic E-state index is 0.0794. The van der Waals surface area contributed by atoms with Crippen LogP contribution < -0.4 is 10.5 Å². The summed E-state index contributed by atoms with van der Waals surface area (Å²) in [7, 11) is 0. The third-order valence-electron chi connectivity index (χ3n) is 3.95. The monoisotopic (exact) mass is 276 g/mol. The van der Waals surface area contributed by atoms with Crippen LogP contribution in [0.1, 0.15) is 43.5 Å². The first-order chi connectivity index (χ1) is 9.67. The molecule has 0 bridgehead atoms. The van der Waals surface area contributed by atoms with Gasteiger partial charge in [-0.25, -0.2) is 0 Å². The van der Waals surface area contributed by atoms with Crippen LogP contribution in [0.25, 0.3) is 0 Å². The summed E-state index contributed by atoms with van der Waals surface area (Å²) < 4.78 is 5.40. The van der Waals surface area contributed by atoms with E-state index in [0.29, 0.717) is 18.7 Å². The molecule has 1 heterocycles. The molecule has 1 aliphatic heterocycles. The number of rotatable bonds is 4. The second-order valence-electron chi connectivity index (χ2n) is 5.34. The smallest absolute Gasteiger partial charge is 0.254 e. The minimum absolute atomic E-state index is 0.0794. The van der Waals surface area contributed by atoms with E-state index in [2.05, 4.69) is 6.92 Å². The Hall–Kier alpha value is -1.55. The SMILES string of the molecule is CCOc1ccc(C(=O)N2C(C)CCCC2CN)cc1. The summed E-state index contributed by atoms with van der Waals surface area (Å²) in [4.78, 5) is 14.6. The Bertz CT molecular complexity index is 444. The predicted octanol–water partition coefficient (Wildman–Crippen LogP) is 2.43. The molecule has 2 rings (SSSR count). The quantitative estimate of drug-likeness (QED) is 0.919. The molecular weight excluding hydrogens is 252 g/mol. The van der Waals surface area contributed by atoms with Crippen LogP contribution in [-0.4, -0.2) is 36.0 Å². The fourth-order valence-corrected chi connectivity index (χ4v) is 2.89. The molecule has 0 saturated carbocycles. The van der Waals surface area contributed by atoms with Crippen molar-refractivity contribution >= 4 is 5.91 Å². The van der Waals surface area contributed by atoms with Crippen molar-refractivity contribution in [1.82, 2.24) is 4.90 Å². The average molecular weight is 276 g/mol. The molecule has 1 aromatic carbocycles. The number of nitrogens with two attached hydrogens (primary N) is 1. The topological polar surface area (TPSA) is 55.6 Å². The molecule has 2 N–H and O–H groups in total. The van der Waals surface area contributed by atoms with Gasteiger partial charge < -0.3 is 15.4 Å². The van der Waals surface area contributed by atoms with E-state index in [9.17, 15) is 4.79 Å². The van der Waals surface area contributed by atoms with Crippen molar-refractivity contribution in [2.24, 2.45) is 5.73 Å². The zero-order valence-corrected chi connectivity index (χ0v) is 12.3. The summed E-state index contributed by atoms with van der Waals surface area (Å²) in [6.45, 7) is 5.22. The normalized spacial score (nSPS) is 22.6. The third kappa shape index (κ3) is 3.12. The lowest BCUT2D eigenvalue weighted by Crippen LogP contribution is -2.51. The number of ether oxygens (including phenoxy) is 1. The van der Waals surface area contributed by atoms with Crippen LogP contribution >= 0.6 is 0 Å². The molecule has 1 fully saturated rings. The lowest BCUT2D eigenvalue weighted by atomic mass is 9.95. The number of hydrogen-bond donors (Lipinski definition) is 1. The zero-order chi connectivity index (χ0) is 14.5. The summed E-state index contributed by atoms with van der Waals surface area (Å²) in [6, 6.07) is 7.80. The van der Waals surface area contributed by atoms with Gasteiger partial charge in [-0.2, -0.15) is 0 Å². The first-order valence-corrected chi connectivity index (χ1v) is 7.43. The van der Waals surface area contributed by atoms with Gasteiger partial charge in [0.05, 0.1) is 6.61 Å². The van der Waals surface area contributed by atoms with Gasteiger partial charge in [-0.1, -0.05) is 0 Å². The van der Waals surface area contributed by atoms with E-state index in [-0.39, 0.29) is 18.0 Å². The molecule has 2 atom stereocenters. The molecule has 1 saturated heterocycles. The number of benzene rings is 1. The summed E-state index contributed by atoms with van der Waals surface area (Å²) in [5.41, 5.74) is 6.53. The van der Waals surface area contributed by atoms with Gasteiger partial charge in [0.1, 0.15) is 5.75 Å². The fraction of sp³-hybridized carbons (Fsp3) is 0.562. The lowest BCUT2D eigenvalue weighted by molar-refractivity contribution is 0.0494. The van der Waals surface area contributed by atoms with Crippen molar-refractivity contribution in [2.45, 2.75) is 45.2 Å². The highest BCUT2D eigenvalue weighted by molar-refractivity contribution is 5.94. The minimum Gasteiger partial charge on any atom is -0.494 e. The molecule has 20 heavy (non-hydrogen) atoms. The Labute approximate surface area is 120 Å². The summed E-state index contributed by atoms with van der Waals surface area (Å²) in [5.74, 6) is 0.877. The summed E-state index contributed by atoms with van der Waals surface area (Å²) in [5, 5.41) is 0. The molecule has 0 spiro atoms. The van der Waals surface area contributed by atoms with E-state index in [1.165, 1.54) is 0 Å². The number of likely N-dealkylation sites (tertiary alicyclic amines) is 1. The molecule has 2 unspecified atom stereocenters. The van der Waals surface area contributed by atoms with Crippen LogP contribution in [0, 0.1) is 0 Å². The Morgan fingerprint density at radius 1 is 1.35 bits per heavy atom. The molecular formula is C16H24N2O2. The standard InChI is InChI=1S/C16H24N2O2/c1-3-20-15-9-7-13(8-10-15)16(19)18-12(2)5-4-6-14(18)11-17/h7-10,12,14H,3-6,11,17H2,1-2H3. The van der Waals surface area contributed by atoms with E-state index in [0.717, 1.165) is 25.0 Å². The zero-order valence-electron chi connectivity index (χ0n) is 12.3. The van der Waals surface area contributed by atoms with E-state index in [1.54, 1.807) is 0 Å². The molecule has 1 amide bonds. The van der Waals surface area contributed by atoms with Gasteiger partial charge in [-0.05, 0) is 57.4 Å². The van der Waals surface area contributed by atoms with Gasteiger partial charge in [-0.3, -0.25) is 4.79 Å². The molecule has 4 nitrogen and oxygen atoms in total. The van der Waals surface area contributed by atoms with Crippen LogP contribution in [-0.2, 0) is 0 Å². The number of amides is 1. The maximum Gasteiger partial charge on any atom is 0.254 e. The van der Waals surface area contributed by atoms with Crippen molar-refractivity contribution in [1.29, 1.82) is 0 Å². The van der Waals surface area contributed by atoms with E-state index in [4.69, 9.17) is 10.5 Å². The maximum atomic E-state index is 12.7. The van der Waals surface area contributed by atoms with Gasteiger partial charge in [0.15, 0.2) is 0 Å². The highest BCUT2D eigenvalue weighted by Gasteiger charge is 2.31. The summed E-state index contributed by atoms with van der Waals surface area (Å²) in [6.07, 6.45) is 3.21. The third-order valence-corrected chi connectivity index (χ3v) is 3.95. The van der Waals surface area contributed by atoms with Crippen LogP contribution in [0.4, 0.5) is 0 Å². The summed E-state index contributed by atoms with van der Waals surface area (Å²) >= 11 is 0. The van der Waals surface area contributed by atoms with Crippen molar-refractivity contribution in [2.75, 3.05) is 13.2 Å². The largest absolute Gasteiger partial charge is 0.494 e. The van der Waals surface area contributed by atoms with Crippen molar-refractivity contribution in [3.8, 4) is 5.75 Å². The molecule has 0 aliphatic carbocycles. The van der Waals surface area contributed by atoms with Crippen LogP contribution in [0.3, 0.4) is 0 Å². The van der Waals surface area contributed by atoms with Crippen LogP contribution in [0.2, 0.25) is 0 Å². The molecule has 0 radical (unpaired) electrons. The van der Waals surface area contributed by atoms with Crippen molar-refractivity contribution < 1.29 is 9.53 Å². The molecule has 0 aromatic heterocycles. The van der Waals surface area contributed by atoms with E-state index >= 15 is 0 Å². The average Bonchev–Trinajstić information content (AvgIpc) is 2.47. The predicted molar refractivity (Wildman–Crippen MR) is 79.9 cm³/mol. The van der Waals surface area contributed by atoms with Crippen LogP contribution in [0.15, 0.2) is 24.3 Å². The number of piperidine rings is 1. The van der Waals surface area contributed by atoms with Crippen molar-refractivity contribution in [3.63, 3.8) is 0 Å². The van der Waals surface area contributed by atoms with E-state index in [1.807, 2.05) is 36.1 Å². The first-order valence-electron chi connectivity index (χ1n) is 7.43. The Morgan fingerprint density at radius 3 is 2.65 bits per heavy atom. The maximum absolute atomic E-state index is 12.7. The number of carbonyl (C=O) groups is 1. The fourth-order valence-electron chi connectivity index (χ4n) is 2.89. The number of carbonyl (C=O) groups excluding carboxylic acids is 1. The second kappa shape index (κ2) is 6.75. The highest BCUT2D eigenvalue weighted by Crippen LogP contribution is 2.25. The van der Waals surface area contributed by atoms with Gasteiger partial charge in [0.25, 0.3) is 5.91 Å². The second-order valence-corrected chi connectivity index (χ2v) is 5.34. The Kier molecular flexibility index (Phi) is 5.01. The number of hydrogen-bond acceptors (Lipinski definition) is 3. The highest BCUT2D eigenvalue weighted by atomic mass is 16.5. The van der Waals surface area contributed by atoms with Gasteiger partial charge >= 0.3 is 0 Å². The molecule has 110 valence electrons. The van der Waals surface area contributed by atoms with Gasteiger partial charge in [-0.15, -0.1) is 0 Å². The first kappa shape index (κ1) is 14.9. The molecule has 1 aromatic rings. The van der Waals surface area contributed by atoms with Gasteiger partial charge in [0, 0.05) is 24.2 Å². The lowest BCUT2D eigenvalue weighted by Gasteiger charge is -2.40. The Morgan fingerprint density at radius 2 is 2.05 bits per heavy atom. The van der Waals surface area contributed by atoms with Crippen LogP contribution in [0.5, 0.6) is 5.75 Å². The van der Waals surface area contributed by atoms with Gasteiger partial charge in [0.2, 0.25) is 0 Å². The number of nitrogens with zero attached hydrogens (tertiary/aromatic N) is 1. The Balaban J connectivity index is 2.15.